The Balaban J connectivity index is 1.43. The topological polar surface area (TPSA) is 25.4 Å². The van der Waals surface area contributed by atoms with Crippen LogP contribution in [0.15, 0.2) is 48.0 Å². The predicted molar refractivity (Wildman–Crippen MR) is 96.7 cm³/mol. The van der Waals surface area contributed by atoms with Gasteiger partial charge in [0.05, 0.1) is 21.4 Å². The van der Waals surface area contributed by atoms with E-state index < -0.39 is 0 Å². The molecule has 1 aliphatic heterocycles. The van der Waals surface area contributed by atoms with Crippen molar-refractivity contribution in [2.45, 2.75) is 25.9 Å². The largest absolute Gasteiger partial charge is 0.490 e. The lowest BCUT2D eigenvalue weighted by Crippen LogP contribution is -2.38. The minimum Gasteiger partial charge on any atom is -0.490 e. The number of piperidine rings is 1. The number of thiazole rings is 1. The van der Waals surface area contributed by atoms with Gasteiger partial charge >= 0.3 is 0 Å². The highest BCUT2D eigenvalue weighted by atomic mass is 32.1. The molecule has 1 fully saturated rings. The Morgan fingerprint density at radius 2 is 1.87 bits per heavy atom. The van der Waals surface area contributed by atoms with Crippen molar-refractivity contribution in [1.29, 1.82) is 0 Å². The van der Waals surface area contributed by atoms with Crippen LogP contribution in [0.4, 0.5) is 5.69 Å². The average Bonchev–Trinajstić information content (AvgIpc) is 3.06. The maximum atomic E-state index is 6.13. The van der Waals surface area contributed by atoms with Crippen molar-refractivity contribution in [2.24, 2.45) is 0 Å². The summed E-state index contributed by atoms with van der Waals surface area (Å²) in [6, 6.07) is 14.7. The fourth-order valence-corrected chi connectivity index (χ4v) is 3.98. The molecule has 0 saturated carbocycles. The molecule has 0 atom stereocenters. The minimum absolute atomic E-state index is 0.314. The first-order chi connectivity index (χ1) is 11.3. The first kappa shape index (κ1) is 14.5. The number of anilines is 1. The number of aromatic nitrogens is 1. The molecule has 2 heterocycles. The van der Waals surface area contributed by atoms with Crippen molar-refractivity contribution < 1.29 is 4.74 Å². The molecule has 3 aromatic rings. The monoisotopic (exact) mass is 324 g/mol. The van der Waals surface area contributed by atoms with Gasteiger partial charge in [-0.15, -0.1) is 11.3 Å². The van der Waals surface area contributed by atoms with Gasteiger partial charge in [-0.05, 0) is 31.2 Å². The molecule has 0 unspecified atom stereocenters. The second-order valence-corrected chi connectivity index (χ2v) is 6.95. The van der Waals surface area contributed by atoms with Gasteiger partial charge in [0.2, 0.25) is 0 Å². The van der Waals surface area contributed by atoms with E-state index in [0.29, 0.717) is 6.10 Å². The van der Waals surface area contributed by atoms with E-state index in [0.717, 1.165) is 37.2 Å². The Bertz CT molecular complexity index is 788. The normalized spacial score (nSPS) is 16.0. The molecule has 118 valence electrons. The molecule has 1 aromatic heterocycles. The molecule has 0 spiro atoms. The van der Waals surface area contributed by atoms with Crippen LogP contribution in [0.2, 0.25) is 0 Å². The highest BCUT2D eigenvalue weighted by molar-refractivity contribution is 7.17. The number of benzene rings is 2. The second kappa shape index (κ2) is 6.20. The SMILES string of the molecule is Cc1ccc(OC2CCN(c3cccc4ncsc34)CC2)cc1. The molecule has 0 aliphatic carbocycles. The molecule has 3 nitrogen and oxygen atoms in total. The van der Waals surface area contributed by atoms with Gasteiger partial charge in [0.25, 0.3) is 0 Å². The number of fused-ring (bicyclic) bond motifs is 1. The highest BCUT2D eigenvalue weighted by Crippen LogP contribution is 2.32. The van der Waals surface area contributed by atoms with Gasteiger partial charge in [-0.1, -0.05) is 23.8 Å². The van der Waals surface area contributed by atoms with Crippen molar-refractivity contribution in [1.82, 2.24) is 4.98 Å². The van der Waals surface area contributed by atoms with Crippen LogP contribution in [0.1, 0.15) is 18.4 Å². The third-order valence-electron chi connectivity index (χ3n) is 4.44. The Hall–Kier alpha value is -2.07. The van der Waals surface area contributed by atoms with E-state index in [1.165, 1.54) is 16.0 Å². The Kier molecular flexibility index (Phi) is 3.92. The minimum atomic E-state index is 0.314. The molecule has 1 saturated heterocycles. The summed E-state index contributed by atoms with van der Waals surface area (Å²) in [5, 5.41) is 0. The van der Waals surface area contributed by atoms with Crippen molar-refractivity contribution in [2.75, 3.05) is 18.0 Å². The molecule has 0 amide bonds. The van der Waals surface area contributed by atoms with Crippen LogP contribution >= 0.6 is 11.3 Å². The second-order valence-electron chi connectivity index (χ2n) is 6.10. The molecule has 4 heteroatoms. The predicted octanol–water partition coefficient (Wildman–Crippen LogP) is 4.65. The first-order valence-electron chi connectivity index (χ1n) is 8.10. The molecular formula is C19H20N2OS. The van der Waals surface area contributed by atoms with Crippen LogP contribution in [0, 0.1) is 6.92 Å². The smallest absolute Gasteiger partial charge is 0.119 e. The first-order valence-corrected chi connectivity index (χ1v) is 8.98. The third kappa shape index (κ3) is 3.04. The highest BCUT2D eigenvalue weighted by Gasteiger charge is 2.22. The maximum absolute atomic E-state index is 6.13. The fraction of sp³-hybridized carbons (Fsp3) is 0.316. The summed E-state index contributed by atoms with van der Waals surface area (Å²) in [6.45, 7) is 4.17. The van der Waals surface area contributed by atoms with Gasteiger partial charge in [-0.2, -0.15) is 0 Å². The summed E-state index contributed by atoms with van der Waals surface area (Å²) < 4.78 is 7.43. The lowest BCUT2D eigenvalue weighted by atomic mass is 10.1. The third-order valence-corrected chi connectivity index (χ3v) is 5.31. The zero-order valence-electron chi connectivity index (χ0n) is 13.2. The van der Waals surface area contributed by atoms with Gasteiger partial charge in [0.15, 0.2) is 0 Å². The summed E-state index contributed by atoms with van der Waals surface area (Å²) in [7, 11) is 0. The van der Waals surface area contributed by atoms with E-state index in [2.05, 4.69) is 59.3 Å². The molecular weight excluding hydrogens is 304 g/mol. The van der Waals surface area contributed by atoms with E-state index in [-0.39, 0.29) is 0 Å². The molecule has 23 heavy (non-hydrogen) atoms. The van der Waals surface area contributed by atoms with Crippen LogP contribution in [0.25, 0.3) is 10.2 Å². The summed E-state index contributed by atoms with van der Waals surface area (Å²) in [5.41, 5.74) is 5.62. The number of rotatable bonds is 3. The van der Waals surface area contributed by atoms with Crippen LogP contribution < -0.4 is 9.64 Å². The number of aryl methyl sites for hydroxylation is 1. The molecule has 1 aliphatic rings. The zero-order valence-corrected chi connectivity index (χ0v) is 14.1. The van der Waals surface area contributed by atoms with Gasteiger partial charge in [0, 0.05) is 25.9 Å². The van der Waals surface area contributed by atoms with Gasteiger partial charge in [0.1, 0.15) is 11.9 Å². The van der Waals surface area contributed by atoms with E-state index in [9.17, 15) is 0 Å². The quantitative estimate of drug-likeness (QED) is 0.701. The number of hydrogen-bond acceptors (Lipinski definition) is 4. The number of ether oxygens (including phenoxy) is 1. The van der Waals surface area contributed by atoms with Crippen LogP contribution in [-0.2, 0) is 0 Å². The number of nitrogens with zero attached hydrogens (tertiary/aromatic N) is 2. The summed E-state index contributed by atoms with van der Waals surface area (Å²) in [4.78, 5) is 6.89. The summed E-state index contributed by atoms with van der Waals surface area (Å²) >= 11 is 1.73. The maximum Gasteiger partial charge on any atom is 0.119 e. The summed E-state index contributed by atoms with van der Waals surface area (Å²) in [6.07, 6.45) is 2.43. The standard InChI is InChI=1S/C19H20N2OS/c1-14-5-7-15(8-6-14)22-16-9-11-21(12-10-16)18-4-2-3-17-19(18)23-13-20-17/h2-8,13,16H,9-12H2,1H3. The van der Waals surface area contributed by atoms with E-state index in [4.69, 9.17) is 4.74 Å². The Morgan fingerprint density at radius 3 is 2.65 bits per heavy atom. The van der Waals surface area contributed by atoms with Crippen LogP contribution in [-0.4, -0.2) is 24.2 Å². The average molecular weight is 324 g/mol. The molecule has 0 N–H and O–H groups in total. The van der Waals surface area contributed by atoms with Crippen molar-refractivity contribution >= 4 is 27.2 Å². The summed E-state index contributed by atoms with van der Waals surface area (Å²) in [5.74, 6) is 0.985. The van der Waals surface area contributed by atoms with E-state index >= 15 is 0 Å². The van der Waals surface area contributed by atoms with E-state index in [1.54, 1.807) is 11.3 Å². The van der Waals surface area contributed by atoms with Gasteiger partial charge in [-0.25, -0.2) is 4.98 Å². The van der Waals surface area contributed by atoms with Gasteiger partial charge in [-0.3, -0.25) is 0 Å². The van der Waals surface area contributed by atoms with Crippen molar-refractivity contribution in [3.05, 3.63) is 53.5 Å². The van der Waals surface area contributed by atoms with Gasteiger partial charge < -0.3 is 9.64 Å². The van der Waals surface area contributed by atoms with Crippen LogP contribution in [0.3, 0.4) is 0 Å². The van der Waals surface area contributed by atoms with Crippen molar-refractivity contribution in [3.8, 4) is 5.75 Å². The Labute approximate surface area is 140 Å². The molecule has 4 rings (SSSR count). The fourth-order valence-electron chi connectivity index (χ4n) is 3.14. The number of hydrogen-bond donors (Lipinski definition) is 0. The molecule has 2 aromatic carbocycles. The van der Waals surface area contributed by atoms with E-state index in [1.807, 2.05) is 5.51 Å². The molecule has 0 bridgehead atoms. The zero-order chi connectivity index (χ0) is 15.6. The van der Waals surface area contributed by atoms with Crippen LogP contribution in [0.5, 0.6) is 5.75 Å². The van der Waals surface area contributed by atoms with Crippen molar-refractivity contribution in [3.63, 3.8) is 0 Å². The lowest BCUT2D eigenvalue weighted by Gasteiger charge is -2.34. The lowest BCUT2D eigenvalue weighted by molar-refractivity contribution is 0.171. The Morgan fingerprint density at radius 1 is 1.09 bits per heavy atom. The molecule has 0 radical (unpaired) electrons.